The Morgan fingerprint density at radius 1 is 0.974 bits per heavy atom. The molecule has 0 radical (unpaired) electrons. The highest BCUT2D eigenvalue weighted by atomic mass is 35.5. The van der Waals surface area contributed by atoms with Crippen LogP contribution in [0.25, 0.3) is 11.0 Å². The van der Waals surface area contributed by atoms with Gasteiger partial charge in [0.05, 0.1) is 18.1 Å². The molecule has 9 nitrogen and oxygen atoms in total. The van der Waals surface area contributed by atoms with Gasteiger partial charge in [-0.15, -0.1) is 5.10 Å². The summed E-state index contributed by atoms with van der Waals surface area (Å²) in [5.74, 6) is 1.59. The number of aryl methyl sites for hydroxylation is 2. The van der Waals surface area contributed by atoms with E-state index in [1.807, 2.05) is 78.5 Å². The van der Waals surface area contributed by atoms with Gasteiger partial charge in [0.25, 0.3) is 0 Å². The molecule has 2 aromatic carbocycles. The lowest BCUT2D eigenvalue weighted by molar-refractivity contribution is -0.0406. The van der Waals surface area contributed by atoms with Crippen LogP contribution in [-0.2, 0) is 11.3 Å². The molecule has 0 amide bonds. The lowest BCUT2D eigenvalue weighted by atomic mass is 10.1. The molecule has 10 heteroatoms. The van der Waals surface area contributed by atoms with Crippen molar-refractivity contribution in [3.63, 3.8) is 0 Å². The Kier molecular flexibility index (Phi) is 6.70. The van der Waals surface area contributed by atoms with Crippen LogP contribution in [0.1, 0.15) is 29.5 Å². The van der Waals surface area contributed by atoms with Crippen LogP contribution in [-0.4, -0.2) is 48.3 Å². The zero-order valence-electron chi connectivity index (χ0n) is 21.1. The van der Waals surface area contributed by atoms with Crippen molar-refractivity contribution in [2.24, 2.45) is 0 Å². The lowest BCUT2D eigenvalue weighted by Crippen LogP contribution is -2.32. The van der Waals surface area contributed by atoms with Gasteiger partial charge in [0.15, 0.2) is 6.23 Å². The van der Waals surface area contributed by atoms with E-state index in [2.05, 4.69) is 27.2 Å². The molecular weight excluding hydrogens is 504 g/mol. The van der Waals surface area contributed by atoms with Gasteiger partial charge in [-0.25, -0.2) is 14.6 Å². The van der Waals surface area contributed by atoms with Crippen LogP contribution in [0.15, 0.2) is 73.3 Å². The van der Waals surface area contributed by atoms with Gasteiger partial charge in [-0.05, 0) is 44.2 Å². The zero-order valence-corrected chi connectivity index (χ0v) is 21.8. The van der Waals surface area contributed by atoms with E-state index in [0.717, 1.165) is 28.2 Å². The number of aromatic nitrogens is 6. The second-order valence-electron chi connectivity index (χ2n) is 9.49. The van der Waals surface area contributed by atoms with Crippen molar-refractivity contribution in [1.29, 1.82) is 0 Å². The summed E-state index contributed by atoms with van der Waals surface area (Å²) in [6.45, 7) is 4.95. The highest BCUT2D eigenvalue weighted by Crippen LogP contribution is 2.32. The summed E-state index contributed by atoms with van der Waals surface area (Å²) in [6.07, 6.45) is 5.03. The second-order valence-corrected chi connectivity index (χ2v) is 9.85. The fraction of sp³-hybridized carbons (Fsp3) is 0.286. The first kappa shape index (κ1) is 24.4. The van der Waals surface area contributed by atoms with Gasteiger partial charge < -0.3 is 18.8 Å². The summed E-state index contributed by atoms with van der Waals surface area (Å²) in [7, 11) is 0. The minimum absolute atomic E-state index is 0.215. The van der Waals surface area contributed by atoms with Crippen molar-refractivity contribution in [3.8, 4) is 11.5 Å². The summed E-state index contributed by atoms with van der Waals surface area (Å²) in [5, 5.41) is 9.96. The monoisotopic (exact) mass is 530 g/mol. The summed E-state index contributed by atoms with van der Waals surface area (Å²) in [5.41, 5.74) is 3.88. The van der Waals surface area contributed by atoms with E-state index in [4.69, 9.17) is 25.8 Å². The molecule has 0 N–H and O–H groups in total. The second kappa shape index (κ2) is 10.4. The van der Waals surface area contributed by atoms with Gasteiger partial charge in [0.1, 0.15) is 53.1 Å². The SMILES string of the molecule is Cc1ccc(OC[C@H]2O[C@@H](n3cc(Cn4ccc5c(Cl)ncnc54)nn3)C[C@@H]2Oc2ccc(C)cc2)cc1. The molecule has 1 fully saturated rings. The first-order valence-electron chi connectivity index (χ1n) is 12.5. The molecule has 0 aliphatic carbocycles. The molecule has 38 heavy (non-hydrogen) atoms. The third kappa shape index (κ3) is 5.20. The number of hydrogen-bond donors (Lipinski definition) is 0. The standard InChI is InChI=1S/C28H27ClN6O3/c1-18-3-7-21(8-4-18)36-16-25-24(37-22-9-5-19(2)6-10-22)13-26(38-25)35-15-20(32-33-35)14-34-12-11-23-27(29)30-17-31-28(23)34/h3-12,15,17,24-26H,13-14,16H2,1-2H3/t24-,25+,26+/m0/s1. The van der Waals surface area contributed by atoms with E-state index in [0.29, 0.717) is 24.7 Å². The number of ether oxygens (including phenoxy) is 3. The molecular formula is C28H27ClN6O3. The Morgan fingerprint density at radius 3 is 2.47 bits per heavy atom. The van der Waals surface area contributed by atoms with Crippen molar-refractivity contribution in [1.82, 2.24) is 29.5 Å². The van der Waals surface area contributed by atoms with Crippen LogP contribution in [0.5, 0.6) is 11.5 Å². The molecule has 1 aliphatic heterocycles. The van der Waals surface area contributed by atoms with Crippen LogP contribution < -0.4 is 9.47 Å². The van der Waals surface area contributed by atoms with E-state index in [-0.39, 0.29) is 18.4 Å². The van der Waals surface area contributed by atoms with E-state index < -0.39 is 0 Å². The Morgan fingerprint density at radius 2 is 1.71 bits per heavy atom. The average Bonchev–Trinajstić information content (AvgIpc) is 3.65. The van der Waals surface area contributed by atoms with Crippen LogP contribution in [0.2, 0.25) is 5.15 Å². The van der Waals surface area contributed by atoms with E-state index in [1.54, 1.807) is 4.68 Å². The molecule has 4 heterocycles. The molecule has 0 spiro atoms. The van der Waals surface area contributed by atoms with Crippen molar-refractivity contribution in [2.45, 2.75) is 45.2 Å². The normalized spacial score (nSPS) is 19.2. The Labute approximate surface area is 224 Å². The van der Waals surface area contributed by atoms with Crippen molar-refractivity contribution in [2.75, 3.05) is 6.61 Å². The van der Waals surface area contributed by atoms with Crippen molar-refractivity contribution in [3.05, 3.63) is 95.3 Å². The maximum atomic E-state index is 6.40. The molecule has 6 rings (SSSR count). The van der Waals surface area contributed by atoms with Crippen LogP contribution >= 0.6 is 11.6 Å². The smallest absolute Gasteiger partial charge is 0.156 e. The van der Waals surface area contributed by atoms with Crippen LogP contribution in [0.3, 0.4) is 0 Å². The first-order chi connectivity index (χ1) is 18.5. The lowest BCUT2D eigenvalue weighted by Gasteiger charge is -2.20. The molecule has 194 valence electrons. The summed E-state index contributed by atoms with van der Waals surface area (Å²) >= 11 is 6.19. The highest BCUT2D eigenvalue weighted by Gasteiger charge is 2.39. The van der Waals surface area contributed by atoms with Crippen molar-refractivity contribution < 1.29 is 14.2 Å². The summed E-state index contributed by atoms with van der Waals surface area (Å²) in [6, 6.07) is 17.9. The van der Waals surface area contributed by atoms with Gasteiger partial charge in [0, 0.05) is 12.6 Å². The molecule has 3 atom stereocenters. The number of fused-ring (bicyclic) bond motifs is 1. The van der Waals surface area contributed by atoms with E-state index in [9.17, 15) is 0 Å². The predicted molar refractivity (Wildman–Crippen MR) is 142 cm³/mol. The molecule has 1 aliphatic rings. The third-order valence-electron chi connectivity index (χ3n) is 6.62. The predicted octanol–water partition coefficient (Wildman–Crippen LogP) is 5.16. The molecule has 0 saturated carbocycles. The fourth-order valence-electron chi connectivity index (χ4n) is 4.54. The number of hydrogen-bond acceptors (Lipinski definition) is 7. The van der Waals surface area contributed by atoms with Crippen molar-refractivity contribution >= 4 is 22.6 Å². The van der Waals surface area contributed by atoms with Gasteiger partial charge in [0.2, 0.25) is 0 Å². The molecule has 5 aromatic rings. The fourth-order valence-corrected chi connectivity index (χ4v) is 4.73. The molecule has 0 unspecified atom stereocenters. The quantitative estimate of drug-likeness (QED) is 0.256. The Bertz CT molecular complexity index is 1530. The van der Waals surface area contributed by atoms with Crippen LogP contribution in [0, 0.1) is 13.8 Å². The van der Waals surface area contributed by atoms with E-state index >= 15 is 0 Å². The molecule has 3 aromatic heterocycles. The molecule has 0 bridgehead atoms. The highest BCUT2D eigenvalue weighted by molar-refractivity contribution is 6.33. The summed E-state index contributed by atoms with van der Waals surface area (Å²) < 4.78 is 22.5. The maximum Gasteiger partial charge on any atom is 0.156 e. The first-order valence-corrected chi connectivity index (χ1v) is 12.8. The number of halogens is 1. The van der Waals surface area contributed by atoms with Gasteiger partial charge in [-0.1, -0.05) is 52.2 Å². The zero-order chi connectivity index (χ0) is 26.1. The van der Waals surface area contributed by atoms with E-state index in [1.165, 1.54) is 17.5 Å². The molecule has 1 saturated heterocycles. The maximum absolute atomic E-state index is 6.40. The van der Waals surface area contributed by atoms with Gasteiger partial charge in [-0.3, -0.25) is 0 Å². The van der Waals surface area contributed by atoms with Gasteiger partial charge >= 0.3 is 0 Å². The number of benzene rings is 2. The van der Waals surface area contributed by atoms with Crippen LogP contribution in [0.4, 0.5) is 0 Å². The van der Waals surface area contributed by atoms with Gasteiger partial charge in [-0.2, -0.15) is 0 Å². The minimum Gasteiger partial charge on any atom is -0.491 e. The topological polar surface area (TPSA) is 89.1 Å². The summed E-state index contributed by atoms with van der Waals surface area (Å²) in [4.78, 5) is 8.40. The third-order valence-corrected chi connectivity index (χ3v) is 6.92. The number of rotatable bonds is 8. The largest absolute Gasteiger partial charge is 0.491 e. The Hall–Kier alpha value is -3.95. The Balaban J connectivity index is 1.18. The minimum atomic E-state index is -0.337. The number of nitrogens with zero attached hydrogens (tertiary/aromatic N) is 6. The average molecular weight is 531 g/mol.